The summed E-state index contributed by atoms with van der Waals surface area (Å²) in [4.78, 5) is 0. The predicted octanol–water partition coefficient (Wildman–Crippen LogP) is 5.66. The quantitative estimate of drug-likeness (QED) is 0.465. The topological polar surface area (TPSA) is 9.23 Å². The third kappa shape index (κ3) is 5.34. The van der Waals surface area contributed by atoms with E-state index in [0.717, 1.165) is 18.5 Å². The normalized spacial score (nSPS) is 14.7. The molecule has 16 heavy (non-hydrogen) atoms. The van der Waals surface area contributed by atoms with Crippen LogP contribution in [-0.2, 0) is 4.52 Å². The zero-order chi connectivity index (χ0) is 12.5. The van der Waals surface area contributed by atoms with Gasteiger partial charge in [-0.3, -0.25) is 0 Å². The van der Waals surface area contributed by atoms with E-state index in [1.165, 1.54) is 38.5 Å². The molecule has 100 valence electrons. The van der Waals surface area contributed by atoms with Crippen LogP contribution in [0, 0.1) is 0 Å². The summed E-state index contributed by atoms with van der Waals surface area (Å²) in [5.74, 6) is 0. The molecule has 1 nitrogen and oxygen atoms in total. The molecule has 0 saturated carbocycles. The second-order valence-electron chi connectivity index (χ2n) is 4.90. The summed E-state index contributed by atoms with van der Waals surface area (Å²) in [6.07, 6.45) is 8.27. The fourth-order valence-electron chi connectivity index (χ4n) is 2.13. The predicted molar refractivity (Wildman–Crippen MR) is 79.1 cm³/mol. The Kier molecular flexibility index (Phi) is 8.24. The summed E-state index contributed by atoms with van der Waals surface area (Å²) in [6.45, 7) is 6.69. The molecule has 0 aliphatic heterocycles. The summed E-state index contributed by atoms with van der Waals surface area (Å²) in [7, 11) is 1.84. The van der Waals surface area contributed by atoms with Gasteiger partial charge in [0.1, 0.15) is 0 Å². The van der Waals surface area contributed by atoms with Crippen molar-refractivity contribution in [1.29, 1.82) is 0 Å². The number of hydrogen-bond acceptors (Lipinski definition) is 1. The average molecular weight is 269 g/mol. The summed E-state index contributed by atoms with van der Waals surface area (Å²) < 4.78 is 5.93. The molecule has 0 spiro atoms. The number of rotatable bonds is 10. The minimum absolute atomic E-state index is 1.11. The Morgan fingerprint density at radius 2 is 1.12 bits per heavy atom. The van der Waals surface area contributed by atoms with Crippen LogP contribution in [0.5, 0.6) is 0 Å². The van der Waals surface area contributed by atoms with Gasteiger partial charge in [0, 0.05) is 0 Å². The Hall–Kier alpha value is 0.680. The van der Waals surface area contributed by atoms with E-state index >= 15 is 0 Å². The summed E-state index contributed by atoms with van der Waals surface area (Å²) in [5.41, 5.74) is 0. The van der Waals surface area contributed by atoms with Crippen molar-refractivity contribution < 1.29 is 4.52 Å². The van der Waals surface area contributed by atoms with E-state index in [1.54, 1.807) is 0 Å². The number of hydrogen-bond donors (Lipinski definition) is 0. The molecule has 0 rings (SSSR count). The zero-order valence-electron chi connectivity index (χ0n) is 11.6. The van der Waals surface area contributed by atoms with E-state index in [2.05, 4.69) is 20.8 Å². The van der Waals surface area contributed by atoms with Gasteiger partial charge in [0.15, 0.2) is 0 Å². The fourth-order valence-corrected chi connectivity index (χ4v) is 7.46. The molecule has 0 unspecified atom stereocenters. The van der Waals surface area contributed by atoms with Crippen molar-refractivity contribution in [2.75, 3.05) is 25.6 Å². The molecular weight excluding hydrogens is 239 g/mol. The third-order valence-electron chi connectivity index (χ3n) is 3.47. The Morgan fingerprint density at radius 3 is 1.31 bits per heavy atom. The van der Waals surface area contributed by atoms with Gasteiger partial charge in [-0.05, 0) is 0 Å². The van der Waals surface area contributed by atoms with Crippen molar-refractivity contribution in [2.24, 2.45) is 0 Å². The molecule has 0 fully saturated rings. The van der Waals surface area contributed by atoms with Gasteiger partial charge in [0.25, 0.3) is 0 Å². The van der Waals surface area contributed by atoms with E-state index in [9.17, 15) is 0 Å². The molecule has 0 bridgehead atoms. The third-order valence-corrected chi connectivity index (χ3v) is 10.2. The van der Waals surface area contributed by atoms with E-state index in [1.807, 2.05) is 7.11 Å². The Labute approximate surface area is 107 Å². The van der Waals surface area contributed by atoms with Crippen LogP contribution in [-0.4, -0.2) is 25.6 Å². The first-order chi connectivity index (χ1) is 7.54. The maximum absolute atomic E-state index is 7.03. The van der Waals surface area contributed by atoms with Gasteiger partial charge in [-0.25, -0.2) is 0 Å². The Morgan fingerprint density at radius 1 is 0.812 bits per heavy atom. The van der Waals surface area contributed by atoms with Crippen molar-refractivity contribution >= 4 is 17.4 Å². The van der Waals surface area contributed by atoms with Gasteiger partial charge in [-0.15, -0.1) is 0 Å². The number of halogens is 1. The molecule has 0 atom stereocenters. The molecule has 0 amide bonds. The van der Waals surface area contributed by atoms with Gasteiger partial charge in [-0.1, -0.05) is 0 Å². The van der Waals surface area contributed by atoms with Gasteiger partial charge < -0.3 is 0 Å². The van der Waals surface area contributed by atoms with Crippen molar-refractivity contribution in [2.45, 2.75) is 59.3 Å². The maximum atomic E-state index is 7.03. The monoisotopic (exact) mass is 268 g/mol. The molecule has 0 heterocycles. The van der Waals surface area contributed by atoms with Crippen LogP contribution in [0.2, 0.25) is 0 Å². The first kappa shape index (κ1) is 16.7. The molecule has 0 aliphatic rings. The van der Waals surface area contributed by atoms with E-state index in [-0.39, 0.29) is 0 Å². The summed E-state index contributed by atoms with van der Waals surface area (Å²) >= 11 is 7.03. The second-order valence-corrected chi connectivity index (χ2v) is 12.1. The summed E-state index contributed by atoms with van der Waals surface area (Å²) in [5, 5.41) is 0. The first-order valence-corrected chi connectivity index (χ1v) is 10.4. The van der Waals surface area contributed by atoms with Crippen LogP contribution in [0.1, 0.15) is 59.3 Å². The molecule has 3 heteroatoms. The van der Waals surface area contributed by atoms with Crippen molar-refractivity contribution in [1.82, 2.24) is 0 Å². The SMILES string of the molecule is CCCCP(Cl)(CCCC)(CCCC)OC. The van der Waals surface area contributed by atoms with Crippen LogP contribution >= 0.6 is 17.4 Å². The van der Waals surface area contributed by atoms with Gasteiger partial charge >= 0.3 is 107 Å². The first-order valence-electron chi connectivity index (χ1n) is 6.83. The Balaban J connectivity index is 4.61. The zero-order valence-corrected chi connectivity index (χ0v) is 13.2. The summed E-state index contributed by atoms with van der Waals surface area (Å²) in [6, 6.07) is 0. The molecule has 0 aromatic heterocycles. The van der Waals surface area contributed by atoms with E-state index in [4.69, 9.17) is 15.8 Å². The second kappa shape index (κ2) is 7.90. The molecular formula is C13H30ClOP. The van der Waals surface area contributed by atoms with Gasteiger partial charge in [-0.2, -0.15) is 0 Å². The van der Waals surface area contributed by atoms with Crippen molar-refractivity contribution in [3.8, 4) is 0 Å². The van der Waals surface area contributed by atoms with E-state index in [0.29, 0.717) is 0 Å². The van der Waals surface area contributed by atoms with E-state index < -0.39 is 6.18 Å². The van der Waals surface area contributed by atoms with Gasteiger partial charge in [0.05, 0.1) is 0 Å². The van der Waals surface area contributed by atoms with Crippen LogP contribution in [0.15, 0.2) is 0 Å². The molecule has 0 radical (unpaired) electrons. The van der Waals surface area contributed by atoms with Gasteiger partial charge in [0.2, 0.25) is 0 Å². The van der Waals surface area contributed by atoms with Crippen LogP contribution in [0.4, 0.5) is 0 Å². The minimum atomic E-state index is -2.34. The van der Waals surface area contributed by atoms with Crippen molar-refractivity contribution in [3.05, 3.63) is 0 Å². The van der Waals surface area contributed by atoms with Crippen LogP contribution < -0.4 is 0 Å². The fraction of sp³-hybridized carbons (Fsp3) is 1.00. The van der Waals surface area contributed by atoms with Crippen LogP contribution in [0.25, 0.3) is 0 Å². The molecule has 0 aromatic rings. The molecule has 0 aliphatic carbocycles. The average Bonchev–Trinajstić information content (AvgIpc) is 2.32. The molecule has 0 aromatic carbocycles. The van der Waals surface area contributed by atoms with Crippen molar-refractivity contribution in [3.63, 3.8) is 0 Å². The molecule has 0 N–H and O–H groups in total. The number of unbranched alkanes of at least 4 members (excludes halogenated alkanes) is 3. The Bertz CT molecular complexity index is 160. The van der Waals surface area contributed by atoms with Crippen LogP contribution in [0.3, 0.4) is 0 Å². The molecule has 0 saturated heterocycles. The standard InChI is InChI=1S/C13H30ClOP/c1-5-8-11-16(14,15-4,12-9-6-2)13-10-7-3/h5-13H2,1-4H3.